The maximum absolute atomic E-state index is 6.33. The average Bonchev–Trinajstić information content (AvgIpc) is 2.87. The molecule has 2 unspecified atom stereocenters. The fraction of sp³-hybridized carbons (Fsp3) is 0.647. The molecule has 0 bridgehead atoms. The van der Waals surface area contributed by atoms with Crippen LogP contribution in [-0.4, -0.2) is 37.7 Å². The highest BCUT2D eigenvalue weighted by Gasteiger charge is 2.17. The van der Waals surface area contributed by atoms with Crippen LogP contribution in [0.25, 0.3) is 0 Å². The van der Waals surface area contributed by atoms with E-state index in [2.05, 4.69) is 44.0 Å². The van der Waals surface area contributed by atoms with Gasteiger partial charge in [0.25, 0.3) is 0 Å². The maximum atomic E-state index is 6.33. The molecule has 1 saturated heterocycles. The topological polar surface area (TPSA) is 38.5 Å². The molecule has 2 rings (SSSR count). The number of benzene rings is 1. The van der Waals surface area contributed by atoms with E-state index in [9.17, 15) is 0 Å². The Morgan fingerprint density at radius 2 is 2.00 bits per heavy atom. The van der Waals surface area contributed by atoms with Gasteiger partial charge in [0.2, 0.25) is 0 Å². The quantitative estimate of drug-likeness (QED) is 0.868. The van der Waals surface area contributed by atoms with Gasteiger partial charge in [-0.3, -0.25) is 0 Å². The second-order valence-electron chi connectivity index (χ2n) is 6.21. The van der Waals surface area contributed by atoms with E-state index in [0.29, 0.717) is 6.10 Å². The van der Waals surface area contributed by atoms with Crippen molar-refractivity contribution in [2.75, 3.05) is 26.7 Å². The molecular weight excluding hydrogens is 248 g/mol. The van der Waals surface area contributed by atoms with Gasteiger partial charge in [-0.05, 0) is 52.3 Å². The molecule has 1 fully saturated rings. The number of likely N-dealkylation sites (N-methyl/N-ethyl adjacent to an activating group) is 1. The van der Waals surface area contributed by atoms with Gasteiger partial charge in [-0.15, -0.1) is 0 Å². The Labute approximate surface area is 123 Å². The third-order valence-corrected chi connectivity index (χ3v) is 4.03. The molecule has 0 saturated carbocycles. The minimum absolute atomic E-state index is 0.126. The number of nitrogens with zero attached hydrogens (tertiary/aromatic N) is 1. The zero-order valence-electron chi connectivity index (χ0n) is 13.1. The van der Waals surface area contributed by atoms with Crippen LogP contribution in [0.4, 0.5) is 0 Å². The Hall–Kier alpha value is -0.900. The summed E-state index contributed by atoms with van der Waals surface area (Å²) in [4.78, 5) is 2.35. The molecule has 0 aliphatic carbocycles. The van der Waals surface area contributed by atoms with Gasteiger partial charge < -0.3 is 15.4 Å². The molecule has 3 nitrogen and oxygen atoms in total. The largest absolute Gasteiger partial charge is 0.377 e. The number of aryl methyl sites for hydroxylation is 2. The lowest BCUT2D eigenvalue weighted by atomic mass is 9.99. The molecule has 1 aromatic rings. The zero-order chi connectivity index (χ0) is 14.5. The third kappa shape index (κ3) is 4.58. The first-order chi connectivity index (χ1) is 9.54. The minimum atomic E-state index is 0.126. The second kappa shape index (κ2) is 7.21. The summed E-state index contributed by atoms with van der Waals surface area (Å²) in [6.45, 7) is 7.24. The second-order valence-corrected chi connectivity index (χ2v) is 6.21. The van der Waals surface area contributed by atoms with Crippen molar-refractivity contribution in [1.29, 1.82) is 0 Å². The first kappa shape index (κ1) is 15.5. The molecule has 1 aliphatic heterocycles. The lowest BCUT2D eigenvalue weighted by molar-refractivity contribution is 0.0804. The van der Waals surface area contributed by atoms with E-state index < -0.39 is 0 Å². The number of rotatable bonds is 6. The molecule has 1 aliphatic rings. The van der Waals surface area contributed by atoms with Gasteiger partial charge in [0.05, 0.1) is 6.10 Å². The molecule has 2 N–H and O–H groups in total. The molecule has 0 radical (unpaired) electrons. The predicted molar refractivity (Wildman–Crippen MR) is 83.9 cm³/mol. The van der Waals surface area contributed by atoms with Gasteiger partial charge in [-0.25, -0.2) is 0 Å². The van der Waals surface area contributed by atoms with Crippen LogP contribution in [0.3, 0.4) is 0 Å². The standard InChI is InChI=1S/C17H28N2O/c1-13-9-14(2)11-15(10-13)17(18)6-7-19(3)12-16-5-4-8-20-16/h9-11,16-17H,4-8,12,18H2,1-3H3. The normalized spacial score (nSPS) is 20.6. The van der Waals surface area contributed by atoms with Crippen molar-refractivity contribution >= 4 is 0 Å². The molecule has 0 aromatic heterocycles. The first-order valence-electron chi connectivity index (χ1n) is 7.68. The monoisotopic (exact) mass is 276 g/mol. The van der Waals surface area contributed by atoms with Crippen molar-refractivity contribution in [3.05, 3.63) is 34.9 Å². The van der Waals surface area contributed by atoms with Crippen LogP contribution < -0.4 is 5.73 Å². The predicted octanol–water partition coefficient (Wildman–Crippen LogP) is 2.80. The summed E-state index contributed by atoms with van der Waals surface area (Å²) in [5, 5.41) is 0. The summed E-state index contributed by atoms with van der Waals surface area (Å²) < 4.78 is 5.67. The van der Waals surface area contributed by atoms with Gasteiger partial charge in [-0.1, -0.05) is 29.3 Å². The molecule has 2 atom stereocenters. The summed E-state index contributed by atoms with van der Waals surface area (Å²) in [6, 6.07) is 6.73. The summed E-state index contributed by atoms with van der Waals surface area (Å²) in [5.41, 5.74) is 10.2. The van der Waals surface area contributed by atoms with E-state index in [1.54, 1.807) is 0 Å². The van der Waals surface area contributed by atoms with Crippen molar-refractivity contribution in [3.63, 3.8) is 0 Å². The zero-order valence-corrected chi connectivity index (χ0v) is 13.1. The van der Waals surface area contributed by atoms with Gasteiger partial charge in [0.1, 0.15) is 0 Å². The fourth-order valence-corrected chi connectivity index (χ4v) is 2.98. The van der Waals surface area contributed by atoms with Gasteiger partial charge >= 0.3 is 0 Å². The van der Waals surface area contributed by atoms with Crippen molar-refractivity contribution in [2.24, 2.45) is 5.73 Å². The molecule has 1 heterocycles. The minimum Gasteiger partial charge on any atom is -0.377 e. The fourth-order valence-electron chi connectivity index (χ4n) is 2.98. The van der Waals surface area contributed by atoms with Crippen LogP contribution in [-0.2, 0) is 4.74 Å². The van der Waals surface area contributed by atoms with Gasteiger partial charge in [-0.2, -0.15) is 0 Å². The van der Waals surface area contributed by atoms with Crippen LogP contribution >= 0.6 is 0 Å². The van der Waals surface area contributed by atoms with E-state index in [1.165, 1.54) is 29.5 Å². The summed E-state index contributed by atoms with van der Waals surface area (Å²) >= 11 is 0. The molecular formula is C17H28N2O. The van der Waals surface area contributed by atoms with E-state index in [1.807, 2.05) is 0 Å². The van der Waals surface area contributed by atoms with Crippen molar-refractivity contribution in [2.45, 2.75) is 45.3 Å². The first-order valence-corrected chi connectivity index (χ1v) is 7.68. The lowest BCUT2D eigenvalue weighted by Crippen LogP contribution is -2.31. The summed E-state index contributed by atoms with van der Waals surface area (Å²) in [6.07, 6.45) is 3.83. The van der Waals surface area contributed by atoms with E-state index >= 15 is 0 Å². The molecule has 0 spiro atoms. The molecule has 112 valence electrons. The number of nitrogens with two attached hydrogens (primary N) is 1. The van der Waals surface area contributed by atoms with E-state index in [-0.39, 0.29) is 6.04 Å². The average molecular weight is 276 g/mol. The number of hydrogen-bond acceptors (Lipinski definition) is 3. The summed E-state index contributed by atoms with van der Waals surface area (Å²) in [5.74, 6) is 0. The maximum Gasteiger partial charge on any atom is 0.0702 e. The highest BCUT2D eigenvalue weighted by atomic mass is 16.5. The summed E-state index contributed by atoms with van der Waals surface area (Å²) in [7, 11) is 2.16. The van der Waals surface area contributed by atoms with Crippen LogP contribution in [0.5, 0.6) is 0 Å². The Bertz CT molecular complexity index is 407. The van der Waals surface area contributed by atoms with Crippen LogP contribution in [0.2, 0.25) is 0 Å². The van der Waals surface area contributed by atoms with Crippen LogP contribution in [0, 0.1) is 13.8 Å². The van der Waals surface area contributed by atoms with Gasteiger partial charge in [0, 0.05) is 19.2 Å². The Kier molecular flexibility index (Phi) is 5.58. The SMILES string of the molecule is Cc1cc(C)cc(C(N)CCN(C)CC2CCCO2)c1. The molecule has 0 amide bonds. The van der Waals surface area contributed by atoms with Crippen LogP contribution in [0.1, 0.15) is 42.0 Å². The van der Waals surface area contributed by atoms with Crippen LogP contribution in [0.15, 0.2) is 18.2 Å². The Morgan fingerprint density at radius 3 is 2.60 bits per heavy atom. The number of ether oxygens (including phenoxy) is 1. The molecule has 20 heavy (non-hydrogen) atoms. The smallest absolute Gasteiger partial charge is 0.0702 e. The molecule has 1 aromatic carbocycles. The number of hydrogen-bond donors (Lipinski definition) is 1. The van der Waals surface area contributed by atoms with Crippen molar-refractivity contribution in [3.8, 4) is 0 Å². The van der Waals surface area contributed by atoms with Crippen molar-refractivity contribution in [1.82, 2.24) is 4.90 Å². The van der Waals surface area contributed by atoms with Crippen molar-refractivity contribution < 1.29 is 4.74 Å². The van der Waals surface area contributed by atoms with Gasteiger partial charge in [0.15, 0.2) is 0 Å². The molecule has 3 heteroatoms. The lowest BCUT2D eigenvalue weighted by Gasteiger charge is -2.22. The Balaban J connectivity index is 1.80. The van der Waals surface area contributed by atoms with E-state index in [4.69, 9.17) is 10.5 Å². The van der Waals surface area contributed by atoms with E-state index in [0.717, 1.165) is 26.1 Å². The highest BCUT2D eigenvalue weighted by Crippen LogP contribution is 2.19. The Morgan fingerprint density at radius 1 is 1.30 bits per heavy atom. The third-order valence-electron chi connectivity index (χ3n) is 4.03. The highest BCUT2D eigenvalue weighted by molar-refractivity contribution is 5.30.